The second-order valence-corrected chi connectivity index (χ2v) is 6.20. The second kappa shape index (κ2) is 9.43. The van der Waals surface area contributed by atoms with E-state index >= 15 is 0 Å². The Morgan fingerprint density at radius 1 is 0.800 bits per heavy atom. The molecular formula is C24H17FO5. The smallest absolute Gasteiger partial charge is 0.346 e. The number of hydrogen-bond donors (Lipinski definition) is 0. The van der Waals surface area contributed by atoms with Crippen molar-refractivity contribution >= 4 is 23.8 Å². The zero-order valence-electron chi connectivity index (χ0n) is 16.0. The van der Waals surface area contributed by atoms with E-state index in [4.69, 9.17) is 4.74 Å². The lowest BCUT2D eigenvalue weighted by atomic mass is 10.1. The first-order chi connectivity index (χ1) is 14.5. The number of carbonyl (C=O) groups is 3. The van der Waals surface area contributed by atoms with Gasteiger partial charge < -0.3 is 9.47 Å². The Balaban J connectivity index is 1.63. The molecule has 3 aromatic carbocycles. The third kappa shape index (κ3) is 5.05. The highest BCUT2D eigenvalue weighted by atomic mass is 19.1. The molecule has 30 heavy (non-hydrogen) atoms. The van der Waals surface area contributed by atoms with E-state index in [1.807, 2.05) is 0 Å². The highest BCUT2D eigenvalue weighted by molar-refractivity contribution is 6.07. The van der Waals surface area contributed by atoms with E-state index in [0.717, 1.165) is 5.56 Å². The average molecular weight is 404 g/mol. The molecule has 0 atom stereocenters. The van der Waals surface area contributed by atoms with E-state index in [9.17, 15) is 18.8 Å². The Morgan fingerprint density at radius 2 is 1.43 bits per heavy atom. The molecule has 0 aromatic heterocycles. The van der Waals surface area contributed by atoms with Gasteiger partial charge in [0, 0.05) is 5.56 Å². The van der Waals surface area contributed by atoms with Gasteiger partial charge in [-0.2, -0.15) is 0 Å². The monoisotopic (exact) mass is 404 g/mol. The Kier molecular flexibility index (Phi) is 6.49. The van der Waals surface area contributed by atoms with Gasteiger partial charge in [0.1, 0.15) is 11.6 Å². The third-order valence-electron chi connectivity index (χ3n) is 4.20. The fourth-order valence-corrected chi connectivity index (χ4v) is 2.59. The van der Waals surface area contributed by atoms with Gasteiger partial charge in [-0.25, -0.2) is 14.0 Å². The number of hydrogen-bond acceptors (Lipinski definition) is 5. The zero-order chi connectivity index (χ0) is 21.5. The van der Waals surface area contributed by atoms with Crippen LogP contribution in [0.2, 0.25) is 0 Å². The molecule has 0 radical (unpaired) electrons. The van der Waals surface area contributed by atoms with Crippen molar-refractivity contribution in [2.75, 3.05) is 7.11 Å². The van der Waals surface area contributed by atoms with Crippen LogP contribution in [0.1, 0.15) is 36.6 Å². The maximum Gasteiger partial charge on any atom is 0.346 e. The minimum Gasteiger partial charge on any atom is -0.465 e. The van der Waals surface area contributed by atoms with Gasteiger partial charge in [0.25, 0.3) is 0 Å². The number of methoxy groups -OCH3 is 1. The van der Waals surface area contributed by atoms with Crippen molar-refractivity contribution < 1.29 is 28.2 Å². The number of rotatable bonds is 6. The molecule has 0 bridgehead atoms. The van der Waals surface area contributed by atoms with E-state index in [0.29, 0.717) is 11.1 Å². The van der Waals surface area contributed by atoms with Gasteiger partial charge in [0.15, 0.2) is 5.78 Å². The largest absolute Gasteiger partial charge is 0.465 e. The minimum absolute atomic E-state index is 0.168. The van der Waals surface area contributed by atoms with E-state index in [2.05, 4.69) is 4.74 Å². The number of halogens is 1. The quantitative estimate of drug-likeness (QED) is 0.257. The van der Waals surface area contributed by atoms with Crippen molar-refractivity contribution in [3.63, 3.8) is 0 Å². The molecule has 0 unspecified atom stereocenters. The molecule has 0 saturated carbocycles. The highest BCUT2D eigenvalue weighted by Gasteiger charge is 2.13. The lowest BCUT2D eigenvalue weighted by Gasteiger charge is -2.05. The van der Waals surface area contributed by atoms with Crippen LogP contribution in [-0.2, 0) is 4.74 Å². The number of ketones is 1. The number of benzene rings is 3. The van der Waals surface area contributed by atoms with Crippen LogP contribution in [0, 0.1) is 5.82 Å². The fourth-order valence-electron chi connectivity index (χ4n) is 2.59. The number of esters is 2. The molecule has 0 fully saturated rings. The summed E-state index contributed by atoms with van der Waals surface area (Å²) in [7, 11) is 1.31. The Morgan fingerprint density at radius 3 is 2.07 bits per heavy atom. The van der Waals surface area contributed by atoms with Crippen LogP contribution in [0.25, 0.3) is 6.08 Å². The zero-order valence-corrected chi connectivity index (χ0v) is 16.0. The maximum absolute atomic E-state index is 13.6. The van der Waals surface area contributed by atoms with Crippen molar-refractivity contribution in [2.45, 2.75) is 0 Å². The first-order valence-electron chi connectivity index (χ1n) is 8.95. The molecule has 0 heterocycles. The maximum atomic E-state index is 13.6. The summed E-state index contributed by atoms with van der Waals surface area (Å²) in [6.45, 7) is 0. The van der Waals surface area contributed by atoms with Crippen LogP contribution in [0.4, 0.5) is 4.39 Å². The van der Waals surface area contributed by atoms with Crippen LogP contribution in [0.15, 0.2) is 78.9 Å². The molecule has 0 saturated heterocycles. The summed E-state index contributed by atoms with van der Waals surface area (Å²) in [4.78, 5) is 35.8. The minimum atomic E-state index is -0.817. The van der Waals surface area contributed by atoms with Crippen molar-refractivity contribution in [2.24, 2.45) is 0 Å². The van der Waals surface area contributed by atoms with Crippen molar-refractivity contribution in [3.8, 4) is 5.75 Å². The van der Waals surface area contributed by atoms with Crippen LogP contribution in [0.5, 0.6) is 5.75 Å². The highest BCUT2D eigenvalue weighted by Crippen LogP contribution is 2.17. The topological polar surface area (TPSA) is 69.7 Å². The summed E-state index contributed by atoms with van der Waals surface area (Å²) in [5.74, 6) is -1.97. The number of ether oxygens (including phenoxy) is 2. The van der Waals surface area contributed by atoms with Gasteiger partial charge >= 0.3 is 11.9 Å². The summed E-state index contributed by atoms with van der Waals surface area (Å²) in [5.41, 5.74) is 1.38. The molecule has 5 nitrogen and oxygen atoms in total. The Labute approximate surface area is 172 Å². The lowest BCUT2D eigenvalue weighted by molar-refractivity contribution is 0.0600. The molecule has 0 aliphatic carbocycles. The fraction of sp³-hybridized carbons (Fsp3) is 0.0417. The van der Waals surface area contributed by atoms with Gasteiger partial charge in [-0.3, -0.25) is 4.79 Å². The molecule has 6 heteroatoms. The van der Waals surface area contributed by atoms with E-state index in [1.165, 1.54) is 61.7 Å². The molecule has 0 N–H and O–H groups in total. The lowest BCUT2D eigenvalue weighted by Crippen LogP contribution is -2.10. The Bertz CT molecular complexity index is 1100. The van der Waals surface area contributed by atoms with Crippen LogP contribution < -0.4 is 4.74 Å². The van der Waals surface area contributed by atoms with Gasteiger partial charge in [0.05, 0.1) is 18.2 Å². The predicted molar refractivity (Wildman–Crippen MR) is 109 cm³/mol. The molecule has 0 aliphatic rings. The van der Waals surface area contributed by atoms with Gasteiger partial charge in [-0.1, -0.05) is 30.3 Å². The number of carbonyl (C=O) groups excluding carboxylic acids is 3. The molecule has 0 amide bonds. The standard InChI is InChI=1S/C24H17FO5/c1-29-23(27)18-9-6-16(7-10-18)8-15-22(26)17-11-13-19(14-12-17)30-24(28)20-4-2-3-5-21(20)25/h2-15H,1H3/b15-8+. The number of allylic oxidation sites excluding steroid dienone is 1. The van der Waals surface area contributed by atoms with E-state index in [1.54, 1.807) is 30.3 Å². The van der Waals surface area contributed by atoms with Crippen molar-refractivity contribution in [1.29, 1.82) is 0 Å². The van der Waals surface area contributed by atoms with Gasteiger partial charge in [-0.05, 0) is 60.2 Å². The van der Waals surface area contributed by atoms with E-state index < -0.39 is 17.8 Å². The SMILES string of the molecule is COC(=O)c1ccc(/C=C/C(=O)c2ccc(OC(=O)c3ccccc3F)cc2)cc1. The summed E-state index contributed by atoms with van der Waals surface area (Å²) in [6.07, 6.45) is 3.02. The first kappa shape index (κ1) is 20.7. The van der Waals surface area contributed by atoms with Gasteiger partial charge in [0.2, 0.25) is 0 Å². The molecule has 3 aromatic rings. The third-order valence-corrected chi connectivity index (χ3v) is 4.20. The summed E-state index contributed by atoms with van der Waals surface area (Å²) in [6, 6.07) is 18.1. The molecule has 150 valence electrons. The molecule has 0 aliphatic heterocycles. The Hall–Kier alpha value is -4.06. The van der Waals surface area contributed by atoms with Crippen LogP contribution in [-0.4, -0.2) is 24.8 Å². The summed E-state index contributed by atoms with van der Waals surface area (Å²) < 4.78 is 23.4. The molecule has 0 spiro atoms. The first-order valence-corrected chi connectivity index (χ1v) is 8.95. The normalized spacial score (nSPS) is 10.6. The molecule has 3 rings (SSSR count). The van der Waals surface area contributed by atoms with Crippen LogP contribution >= 0.6 is 0 Å². The van der Waals surface area contributed by atoms with E-state index in [-0.39, 0.29) is 17.1 Å². The summed E-state index contributed by atoms with van der Waals surface area (Å²) in [5, 5.41) is 0. The van der Waals surface area contributed by atoms with Crippen molar-refractivity contribution in [1.82, 2.24) is 0 Å². The average Bonchev–Trinajstić information content (AvgIpc) is 2.78. The summed E-state index contributed by atoms with van der Waals surface area (Å²) >= 11 is 0. The van der Waals surface area contributed by atoms with Gasteiger partial charge in [-0.15, -0.1) is 0 Å². The second-order valence-electron chi connectivity index (χ2n) is 6.20. The predicted octanol–water partition coefficient (Wildman–Crippen LogP) is 4.73. The van der Waals surface area contributed by atoms with Crippen molar-refractivity contribution in [3.05, 3.63) is 107 Å². The molecular weight excluding hydrogens is 387 g/mol. The van der Waals surface area contributed by atoms with Crippen LogP contribution in [0.3, 0.4) is 0 Å².